The van der Waals surface area contributed by atoms with E-state index in [-0.39, 0.29) is 11.1 Å². The third-order valence-electron chi connectivity index (χ3n) is 3.80. The van der Waals surface area contributed by atoms with E-state index in [2.05, 4.69) is 20.3 Å². The van der Waals surface area contributed by atoms with E-state index in [0.29, 0.717) is 24.4 Å². The number of methoxy groups -OCH3 is 1. The lowest BCUT2D eigenvalue weighted by atomic mass is 10.1. The lowest BCUT2D eigenvalue weighted by Crippen LogP contribution is -2.24. The van der Waals surface area contributed by atoms with Crippen LogP contribution in [0.25, 0.3) is 27.9 Å². The van der Waals surface area contributed by atoms with E-state index in [9.17, 15) is 4.79 Å². The second-order valence-electron chi connectivity index (χ2n) is 5.27. The number of fused-ring (bicyclic) bond motifs is 3. The number of ether oxygens (including phenoxy) is 1. The first-order valence-corrected chi connectivity index (χ1v) is 7.43. The lowest BCUT2D eigenvalue weighted by molar-refractivity contribution is 0.186. The Balaban J connectivity index is 1.92. The molecule has 0 spiro atoms. The van der Waals surface area contributed by atoms with Gasteiger partial charge < -0.3 is 4.74 Å². The number of hydrogen-bond donors (Lipinski definition) is 0. The largest absolute Gasteiger partial charge is 0.383 e. The summed E-state index contributed by atoms with van der Waals surface area (Å²) in [5, 5.41) is 12.6. The van der Waals surface area contributed by atoms with E-state index in [1.54, 1.807) is 17.8 Å². The van der Waals surface area contributed by atoms with Crippen LogP contribution in [0.4, 0.5) is 0 Å². The van der Waals surface area contributed by atoms with E-state index < -0.39 is 0 Å². The van der Waals surface area contributed by atoms with E-state index >= 15 is 0 Å². The van der Waals surface area contributed by atoms with Crippen LogP contribution in [0.2, 0.25) is 0 Å². The van der Waals surface area contributed by atoms with Gasteiger partial charge in [0.25, 0.3) is 5.56 Å². The zero-order valence-corrected chi connectivity index (χ0v) is 13.0. The molecule has 0 aliphatic heterocycles. The van der Waals surface area contributed by atoms with Crippen LogP contribution in [0.1, 0.15) is 0 Å². The van der Waals surface area contributed by atoms with Gasteiger partial charge in [0.2, 0.25) is 0 Å². The Labute approximate surface area is 136 Å². The summed E-state index contributed by atoms with van der Waals surface area (Å²) >= 11 is 0. The smallest absolute Gasteiger partial charge is 0.283 e. The van der Waals surface area contributed by atoms with Gasteiger partial charge >= 0.3 is 0 Å². The molecule has 8 nitrogen and oxygen atoms in total. The van der Waals surface area contributed by atoms with Crippen molar-refractivity contribution in [2.75, 3.05) is 13.7 Å². The number of aromatic nitrogens is 6. The Morgan fingerprint density at radius 1 is 1.12 bits per heavy atom. The zero-order chi connectivity index (χ0) is 16.5. The number of benzene rings is 1. The minimum absolute atomic E-state index is 0.184. The summed E-state index contributed by atoms with van der Waals surface area (Å²) in [4.78, 5) is 16.8. The van der Waals surface area contributed by atoms with Gasteiger partial charge in [-0.1, -0.05) is 30.3 Å². The normalized spacial score (nSPS) is 11.4. The van der Waals surface area contributed by atoms with E-state index in [1.807, 2.05) is 30.3 Å². The zero-order valence-electron chi connectivity index (χ0n) is 13.0. The summed E-state index contributed by atoms with van der Waals surface area (Å²) in [6.07, 6.45) is 3.19. The molecule has 0 saturated carbocycles. The van der Waals surface area contributed by atoms with Crippen molar-refractivity contribution in [1.82, 2.24) is 29.4 Å². The lowest BCUT2D eigenvalue weighted by Gasteiger charge is -2.05. The molecule has 0 amide bonds. The van der Waals surface area contributed by atoms with Crippen molar-refractivity contribution in [2.24, 2.45) is 0 Å². The predicted molar refractivity (Wildman–Crippen MR) is 87.7 cm³/mol. The van der Waals surface area contributed by atoms with Gasteiger partial charge in [-0.3, -0.25) is 9.36 Å². The monoisotopic (exact) mass is 322 g/mol. The number of nitrogens with zero attached hydrogens (tertiary/aromatic N) is 6. The van der Waals surface area contributed by atoms with Gasteiger partial charge in [0.15, 0.2) is 16.8 Å². The summed E-state index contributed by atoms with van der Waals surface area (Å²) in [6.45, 7) is 0.828. The number of hydrogen-bond acceptors (Lipinski definition) is 6. The van der Waals surface area contributed by atoms with Gasteiger partial charge in [0.05, 0.1) is 19.3 Å². The molecule has 8 heteroatoms. The van der Waals surface area contributed by atoms with Crippen molar-refractivity contribution in [1.29, 1.82) is 0 Å². The summed E-state index contributed by atoms with van der Waals surface area (Å²) in [5.41, 5.74) is 2.70. The number of rotatable bonds is 4. The topological polar surface area (TPSA) is 87.2 Å². The van der Waals surface area contributed by atoms with Crippen LogP contribution in [0.5, 0.6) is 0 Å². The fourth-order valence-electron chi connectivity index (χ4n) is 2.57. The third kappa shape index (κ3) is 2.24. The maximum absolute atomic E-state index is 12.5. The van der Waals surface area contributed by atoms with Crippen molar-refractivity contribution in [3.63, 3.8) is 0 Å². The van der Waals surface area contributed by atoms with Crippen LogP contribution in [-0.4, -0.2) is 43.1 Å². The Bertz CT molecular complexity index is 1070. The summed E-state index contributed by atoms with van der Waals surface area (Å²) in [7, 11) is 1.58. The van der Waals surface area contributed by atoms with E-state index in [0.717, 1.165) is 11.1 Å². The Morgan fingerprint density at radius 3 is 2.75 bits per heavy atom. The first-order chi connectivity index (χ1) is 11.8. The molecule has 4 rings (SSSR count). The van der Waals surface area contributed by atoms with Crippen LogP contribution in [-0.2, 0) is 11.3 Å². The first kappa shape index (κ1) is 14.5. The molecule has 3 aromatic heterocycles. The van der Waals surface area contributed by atoms with Crippen LogP contribution >= 0.6 is 0 Å². The molecule has 0 N–H and O–H groups in total. The highest BCUT2D eigenvalue weighted by atomic mass is 16.5. The van der Waals surface area contributed by atoms with Crippen molar-refractivity contribution in [2.45, 2.75) is 6.54 Å². The summed E-state index contributed by atoms with van der Waals surface area (Å²) in [6, 6.07) is 9.78. The molecule has 24 heavy (non-hydrogen) atoms. The maximum atomic E-state index is 12.5. The molecule has 0 atom stereocenters. The highest BCUT2D eigenvalue weighted by Gasteiger charge is 2.14. The summed E-state index contributed by atoms with van der Waals surface area (Å²) < 4.78 is 7.99. The standard InChI is InChI=1S/C16H14N6O2/c1-24-8-7-21-10-17-15-13(16(21)23)19-20-14-12(9-18-22(14)15)11-5-3-2-4-6-11/h2-6,9-10H,7-8H2,1H3. The Morgan fingerprint density at radius 2 is 1.96 bits per heavy atom. The predicted octanol–water partition coefficient (Wildman–Crippen LogP) is 1.15. The van der Waals surface area contributed by atoms with Crippen LogP contribution in [0, 0.1) is 0 Å². The molecular weight excluding hydrogens is 308 g/mol. The van der Waals surface area contributed by atoms with Crippen molar-refractivity contribution < 1.29 is 4.74 Å². The first-order valence-electron chi connectivity index (χ1n) is 7.43. The highest BCUT2D eigenvalue weighted by Crippen LogP contribution is 2.23. The second-order valence-corrected chi connectivity index (χ2v) is 5.27. The maximum Gasteiger partial charge on any atom is 0.283 e. The van der Waals surface area contributed by atoms with E-state index in [1.165, 1.54) is 10.9 Å². The van der Waals surface area contributed by atoms with Crippen molar-refractivity contribution in [3.8, 4) is 11.1 Å². The van der Waals surface area contributed by atoms with Gasteiger partial charge in [0, 0.05) is 12.7 Å². The molecule has 120 valence electrons. The minimum Gasteiger partial charge on any atom is -0.383 e. The molecule has 1 aromatic carbocycles. The SMILES string of the molecule is COCCn1cnc2c(nnc3c(-c4ccccc4)cnn32)c1=O. The molecule has 0 radical (unpaired) electrons. The van der Waals surface area contributed by atoms with Crippen LogP contribution in [0.15, 0.2) is 47.7 Å². The Hall–Kier alpha value is -3.13. The molecule has 0 aliphatic rings. The van der Waals surface area contributed by atoms with Gasteiger partial charge in [-0.05, 0) is 5.56 Å². The van der Waals surface area contributed by atoms with Gasteiger partial charge in [-0.15, -0.1) is 10.2 Å². The molecule has 3 heterocycles. The average molecular weight is 322 g/mol. The van der Waals surface area contributed by atoms with Gasteiger partial charge in [-0.2, -0.15) is 9.61 Å². The average Bonchev–Trinajstić information content (AvgIpc) is 3.06. The molecule has 0 saturated heterocycles. The molecule has 0 aliphatic carbocycles. The summed E-state index contributed by atoms with van der Waals surface area (Å²) in [5.74, 6) is 0. The fourth-order valence-corrected chi connectivity index (χ4v) is 2.57. The quantitative estimate of drug-likeness (QED) is 0.560. The second kappa shape index (κ2) is 5.82. The van der Waals surface area contributed by atoms with Crippen LogP contribution < -0.4 is 5.56 Å². The molecule has 4 aromatic rings. The van der Waals surface area contributed by atoms with Crippen molar-refractivity contribution in [3.05, 3.63) is 53.2 Å². The fraction of sp³-hybridized carbons (Fsp3) is 0.188. The molecule has 0 fully saturated rings. The third-order valence-corrected chi connectivity index (χ3v) is 3.80. The van der Waals surface area contributed by atoms with E-state index in [4.69, 9.17) is 4.74 Å². The van der Waals surface area contributed by atoms with Gasteiger partial charge in [0.1, 0.15) is 6.33 Å². The molecule has 0 unspecified atom stereocenters. The van der Waals surface area contributed by atoms with Crippen LogP contribution in [0.3, 0.4) is 0 Å². The van der Waals surface area contributed by atoms with Gasteiger partial charge in [-0.25, -0.2) is 4.98 Å². The highest BCUT2D eigenvalue weighted by molar-refractivity contribution is 5.80. The van der Waals surface area contributed by atoms with Crippen molar-refractivity contribution >= 4 is 16.8 Å². The minimum atomic E-state index is -0.261. The molecular formula is C16H14N6O2. The Kier molecular flexibility index (Phi) is 3.51. The molecule has 0 bridgehead atoms.